The molecule has 0 radical (unpaired) electrons. The molecule has 0 bridgehead atoms. The van der Waals surface area contributed by atoms with E-state index < -0.39 is 0 Å². The topological polar surface area (TPSA) is 34.8 Å². The van der Waals surface area contributed by atoms with Crippen LogP contribution < -0.4 is 5.32 Å². The van der Waals surface area contributed by atoms with Crippen molar-refractivity contribution >= 4 is 38.5 Å². The number of aromatic nitrogens is 3. The van der Waals surface area contributed by atoms with E-state index in [2.05, 4.69) is 212 Å². The van der Waals surface area contributed by atoms with Crippen molar-refractivity contribution in [2.45, 2.75) is 44.8 Å². The second-order valence-corrected chi connectivity index (χ2v) is 18.1. The minimum atomic E-state index is -0.252. The largest absolute Gasteiger partial charge is 0.347 e. The van der Waals surface area contributed by atoms with E-state index in [0.29, 0.717) is 0 Å². The summed E-state index contributed by atoms with van der Waals surface area (Å²) in [5.41, 5.74) is 22.3. The molecule has 1 unspecified atom stereocenters. The van der Waals surface area contributed by atoms with Crippen molar-refractivity contribution in [3.8, 4) is 55.9 Å². The van der Waals surface area contributed by atoms with E-state index in [1.54, 1.807) is 0 Å². The maximum absolute atomic E-state index is 5.24. The van der Waals surface area contributed by atoms with Gasteiger partial charge in [0.15, 0.2) is 6.29 Å². The standard InChI is InChI=1S/C56H42N4/c1-55(2)44-16-8-5-13-37(44)39-25-21-35(31-46(39)55)33-23-27-50-42(29-33)43-30-34(36-22-26-40-38-14-6-9-17-45(38)56(3,4)47(40)32-36)24-28-51(43)59(50)54-58-48-18-10-7-15-41(48)53-57-49-19-11-12-20-52(49)60(53)54/h5-32,54,58H,1-4H3. The zero-order chi connectivity index (χ0) is 40.1. The van der Waals surface area contributed by atoms with Crippen LogP contribution in [0.5, 0.6) is 0 Å². The molecule has 0 fully saturated rings. The van der Waals surface area contributed by atoms with Crippen molar-refractivity contribution in [3.05, 3.63) is 192 Å². The maximum atomic E-state index is 5.24. The fraction of sp³-hybridized carbons (Fsp3) is 0.125. The Bertz CT molecular complexity index is 3320. The normalized spacial score (nSPS) is 16.2. The van der Waals surface area contributed by atoms with Crippen molar-refractivity contribution in [2.24, 2.45) is 0 Å². The molecule has 2 aromatic heterocycles. The number of fused-ring (bicyclic) bond motifs is 14. The van der Waals surface area contributed by atoms with E-state index in [0.717, 1.165) is 28.1 Å². The Kier molecular flexibility index (Phi) is 6.60. The van der Waals surface area contributed by atoms with Gasteiger partial charge in [-0.1, -0.05) is 137 Å². The minimum absolute atomic E-state index is 0.0724. The molecule has 3 heterocycles. The van der Waals surface area contributed by atoms with Crippen LogP contribution in [0.3, 0.4) is 0 Å². The van der Waals surface area contributed by atoms with Gasteiger partial charge in [-0.15, -0.1) is 0 Å². The van der Waals surface area contributed by atoms with Crippen LogP contribution in [0.2, 0.25) is 0 Å². The fourth-order valence-corrected chi connectivity index (χ4v) is 11.1. The van der Waals surface area contributed by atoms with Crippen LogP contribution >= 0.6 is 0 Å². The van der Waals surface area contributed by atoms with Gasteiger partial charge in [-0.05, 0) is 127 Å². The van der Waals surface area contributed by atoms with Gasteiger partial charge in [0.25, 0.3) is 0 Å². The lowest BCUT2D eigenvalue weighted by molar-refractivity contribution is 0.520. The summed E-state index contributed by atoms with van der Waals surface area (Å²) >= 11 is 0. The quantitative estimate of drug-likeness (QED) is 0.194. The number of imidazole rings is 1. The van der Waals surface area contributed by atoms with Crippen LogP contribution in [0.25, 0.3) is 88.7 Å². The molecule has 1 N–H and O–H groups in total. The maximum Gasteiger partial charge on any atom is 0.188 e. The second kappa shape index (κ2) is 11.7. The van der Waals surface area contributed by atoms with Gasteiger partial charge in [0, 0.05) is 32.9 Å². The molecule has 13 rings (SSSR count). The Balaban J connectivity index is 1.03. The summed E-state index contributed by atoms with van der Waals surface area (Å²) in [5, 5.41) is 6.45. The van der Waals surface area contributed by atoms with Gasteiger partial charge in [0.05, 0.1) is 22.1 Å². The van der Waals surface area contributed by atoms with E-state index in [1.807, 2.05) is 0 Å². The van der Waals surface area contributed by atoms with Crippen LogP contribution in [0.15, 0.2) is 170 Å². The summed E-state index contributed by atoms with van der Waals surface area (Å²) in [4.78, 5) is 5.24. The third-order valence-electron chi connectivity index (χ3n) is 14.2. The summed E-state index contributed by atoms with van der Waals surface area (Å²) in [7, 11) is 0. The number of rotatable bonds is 3. The average Bonchev–Trinajstić information content (AvgIpc) is 3.97. The average molecular weight is 771 g/mol. The van der Waals surface area contributed by atoms with Gasteiger partial charge in [0.1, 0.15) is 5.82 Å². The number of anilines is 1. The van der Waals surface area contributed by atoms with Crippen molar-refractivity contribution in [1.82, 2.24) is 14.1 Å². The fourth-order valence-electron chi connectivity index (χ4n) is 11.1. The van der Waals surface area contributed by atoms with Gasteiger partial charge in [-0.25, -0.2) is 4.98 Å². The summed E-state index contributed by atoms with van der Waals surface area (Å²) in [6, 6.07) is 63.2. The van der Waals surface area contributed by atoms with Crippen LogP contribution in [-0.2, 0) is 10.8 Å². The van der Waals surface area contributed by atoms with E-state index in [-0.39, 0.29) is 17.1 Å². The third kappa shape index (κ3) is 4.43. The van der Waals surface area contributed by atoms with E-state index in [1.165, 1.54) is 88.6 Å². The van der Waals surface area contributed by atoms with Crippen LogP contribution in [0.4, 0.5) is 5.69 Å². The monoisotopic (exact) mass is 770 g/mol. The number of hydrogen-bond donors (Lipinski definition) is 1. The highest BCUT2D eigenvalue weighted by molar-refractivity contribution is 6.11. The molecule has 0 spiro atoms. The minimum Gasteiger partial charge on any atom is -0.347 e. The summed E-state index contributed by atoms with van der Waals surface area (Å²) in [6.45, 7) is 9.45. The number of nitrogens with zero attached hydrogens (tertiary/aromatic N) is 3. The highest BCUT2D eigenvalue weighted by atomic mass is 15.4. The van der Waals surface area contributed by atoms with Crippen LogP contribution in [-0.4, -0.2) is 14.1 Å². The van der Waals surface area contributed by atoms with Gasteiger partial charge < -0.3 is 9.88 Å². The van der Waals surface area contributed by atoms with Gasteiger partial charge in [-0.3, -0.25) is 4.57 Å². The molecule has 3 aliphatic rings. The first kappa shape index (κ1) is 33.8. The molecule has 8 aromatic carbocycles. The number of hydrogen-bond acceptors (Lipinski definition) is 2. The Morgan fingerprint density at radius 3 is 1.48 bits per heavy atom. The summed E-state index contributed by atoms with van der Waals surface area (Å²) in [6.07, 6.45) is -0.252. The zero-order valence-corrected chi connectivity index (χ0v) is 34.1. The van der Waals surface area contributed by atoms with E-state index >= 15 is 0 Å². The molecule has 10 aromatic rings. The molecule has 0 saturated heterocycles. The lowest BCUT2D eigenvalue weighted by atomic mass is 9.81. The Morgan fingerprint density at radius 2 is 0.883 bits per heavy atom. The molecule has 4 heteroatoms. The van der Waals surface area contributed by atoms with Gasteiger partial charge >= 0.3 is 0 Å². The first-order valence-electron chi connectivity index (χ1n) is 21.2. The number of benzene rings is 8. The van der Waals surface area contributed by atoms with Crippen LogP contribution in [0.1, 0.15) is 56.2 Å². The lowest BCUT2D eigenvalue weighted by Crippen LogP contribution is -2.29. The Hall–Kier alpha value is -7.17. The van der Waals surface area contributed by atoms with Gasteiger partial charge in [0.2, 0.25) is 0 Å². The second-order valence-electron chi connectivity index (χ2n) is 18.1. The molecule has 1 atom stereocenters. The molecule has 0 amide bonds. The molecule has 1 aliphatic heterocycles. The highest BCUT2D eigenvalue weighted by Gasteiger charge is 2.37. The predicted octanol–water partition coefficient (Wildman–Crippen LogP) is 14.2. The number of nitrogens with one attached hydrogen (secondary N) is 1. The highest BCUT2D eigenvalue weighted by Crippen LogP contribution is 2.52. The van der Waals surface area contributed by atoms with Crippen LogP contribution in [0, 0.1) is 0 Å². The van der Waals surface area contributed by atoms with Crippen molar-refractivity contribution in [3.63, 3.8) is 0 Å². The number of para-hydroxylation sites is 3. The first-order chi connectivity index (χ1) is 29.3. The Morgan fingerprint density at radius 1 is 0.417 bits per heavy atom. The molecule has 286 valence electrons. The Labute approximate surface area is 349 Å². The van der Waals surface area contributed by atoms with Crippen molar-refractivity contribution in [1.29, 1.82) is 0 Å². The van der Waals surface area contributed by atoms with Crippen molar-refractivity contribution in [2.75, 3.05) is 5.32 Å². The zero-order valence-electron chi connectivity index (χ0n) is 34.1. The molecule has 4 nitrogen and oxygen atoms in total. The first-order valence-corrected chi connectivity index (χ1v) is 21.2. The molecule has 2 aliphatic carbocycles. The van der Waals surface area contributed by atoms with E-state index in [4.69, 9.17) is 4.98 Å². The smallest absolute Gasteiger partial charge is 0.188 e. The van der Waals surface area contributed by atoms with E-state index in [9.17, 15) is 0 Å². The summed E-state index contributed by atoms with van der Waals surface area (Å²) in [5.74, 6) is 0.974. The third-order valence-corrected chi connectivity index (χ3v) is 14.2. The molecular formula is C56H42N4. The van der Waals surface area contributed by atoms with Gasteiger partial charge in [-0.2, -0.15) is 0 Å². The molecular weight excluding hydrogens is 729 g/mol. The lowest BCUT2D eigenvalue weighted by Gasteiger charge is -2.32. The summed E-state index contributed by atoms with van der Waals surface area (Å²) < 4.78 is 4.88. The predicted molar refractivity (Wildman–Crippen MR) is 249 cm³/mol. The van der Waals surface area contributed by atoms with Crippen molar-refractivity contribution < 1.29 is 0 Å². The molecule has 60 heavy (non-hydrogen) atoms. The SMILES string of the molecule is CC1(C)c2ccccc2-c2ccc(-c3ccc4c(c3)c3cc(-c5ccc6c(c5)C(C)(C)c5ccccc5-6)ccc3n4C3Nc4ccccc4-c4nc5ccccc5n43)cc21. The molecule has 0 saturated carbocycles.